The molecular weight excluding hydrogens is 130 g/mol. The number of aldehydes is 1. The average molecular weight is 141 g/mol. The monoisotopic (exact) mass is 141 g/mol. The second kappa shape index (κ2) is 2.82. The van der Waals surface area contributed by atoms with Gasteiger partial charge in [-0.2, -0.15) is 0 Å². The minimum Gasteiger partial charge on any atom is -0.345 e. The van der Waals surface area contributed by atoms with Gasteiger partial charge in [0.25, 0.3) is 0 Å². The van der Waals surface area contributed by atoms with E-state index in [4.69, 9.17) is 0 Å². The maximum atomic E-state index is 11.1. The summed E-state index contributed by atoms with van der Waals surface area (Å²) in [6.07, 6.45) is 2.05. The van der Waals surface area contributed by atoms with Crippen molar-refractivity contribution < 1.29 is 9.59 Å². The molecule has 0 aromatic heterocycles. The van der Waals surface area contributed by atoms with Crippen LogP contribution in [-0.4, -0.2) is 30.7 Å². The summed E-state index contributed by atoms with van der Waals surface area (Å²) in [6.45, 7) is 0.803. The fourth-order valence-corrected chi connectivity index (χ4v) is 1.23. The lowest BCUT2D eigenvalue weighted by Crippen LogP contribution is -2.22. The highest BCUT2D eigenvalue weighted by molar-refractivity contribution is 5.82. The van der Waals surface area contributed by atoms with Crippen LogP contribution in [0.4, 0.5) is 0 Å². The maximum Gasteiger partial charge on any atom is 0.225 e. The third-order valence-corrected chi connectivity index (χ3v) is 1.92. The molecule has 0 spiro atoms. The van der Waals surface area contributed by atoms with Crippen LogP contribution in [0.3, 0.4) is 0 Å². The van der Waals surface area contributed by atoms with Crippen molar-refractivity contribution in [2.75, 3.05) is 13.6 Å². The van der Waals surface area contributed by atoms with E-state index in [1.165, 1.54) is 0 Å². The van der Waals surface area contributed by atoms with Crippen LogP contribution in [-0.2, 0) is 9.59 Å². The molecular formula is C7H11NO2. The summed E-state index contributed by atoms with van der Waals surface area (Å²) in [7, 11) is 1.77. The first kappa shape index (κ1) is 7.25. The Kier molecular flexibility index (Phi) is 2.04. The summed E-state index contributed by atoms with van der Waals surface area (Å²) in [4.78, 5) is 22.8. The van der Waals surface area contributed by atoms with Gasteiger partial charge in [-0.25, -0.2) is 0 Å². The summed E-state index contributed by atoms with van der Waals surface area (Å²) >= 11 is 0. The van der Waals surface area contributed by atoms with Crippen molar-refractivity contribution in [2.24, 2.45) is 5.92 Å². The fraction of sp³-hybridized carbons (Fsp3) is 0.714. The predicted octanol–water partition coefficient (Wildman–Crippen LogP) is 0.0537. The van der Waals surface area contributed by atoms with Crippen molar-refractivity contribution in [3.63, 3.8) is 0 Å². The topological polar surface area (TPSA) is 37.4 Å². The van der Waals surface area contributed by atoms with E-state index in [9.17, 15) is 9.59 Å². The molecule has 1 fully saturated rings. The normalized spacial score (nSPS) is 25.5. The van der Waals surface area contributed by atoms with Crippen LogP contribution in [0.15, 0.2) is 0 Å². The van der Waals surface area contributed by atoms with Gasteiger partial charge in [0.2, 0.25) is 5.91 Å². The second-order valence-corrected chi connectivity index (χ2v) is 2.65. The number of carbonyl (C=O) groups is 2. The van der Waals surface area contributed by atoms with Crippen LogP contribution in [0.2, 0.25) is 0 Å². The zero-order chi connectivity index (χ0) is 7.56. The lowest BCUT2D eigenvalue weighted by molar-refractivity contribution is -0.131. The smallest absolute Gasteiger partial charge is 0.225 e. The Morgan fingerprint density at radius 1 is 1.80 bits per heavy atom. The Hall–Kier alpha value is -0.860. The highest BCUT2D eigenvalue weighted by atomic mass is 16.2. The molecule has 1 saturated heterocycles. The van der Waals surface area contributed by atoms with Gasteiger partial charge in [0.1, 0.15) is 6.29 Å². The van der Waals surface area contributed by atoms with E-state index < -0.39 is 0 Å². The molecule has 3 nitrogen and oxygen atoms in total. The lowest BCUT2D eigenvalue weighted by Gasteiger charge is -2.06. The van der Waals surface area contributed by atoms with Crippen molar-refractivity contribution in [1.29, 1.82) is 0 Å². The summed E-state index contributed by atoms with van der Waals surface area (Å²) in [5.74, 6) is 0.0922. The molecule has 1 heterocycles. The van der Waals surface area contributed by atoms with Gasteiger partial charge in [-0.05, 0) is 6.42 Å². The van der Waals surface area contributed by atoms with Crippen molar-refractivity contribution in [3.05, 3.63) is 0 Å². The minimum atomic E-state index is -0.0255. The van der Waals surface area contributed by atoms with Crippen LogP contribution >= 0.6 is 0 Å². The van der Waals surface area contributed by atoms with E-state index in [1.54, 1.807) is 11.9 Å². The zero-order valence-electron chi connectivity index (χ0n) is 6.04. The number of nitrogens with zero attached hydrogens (tertiary/aromatic N) is 1. The Labute approximate surface area is 60.0 Å². The molecule has 0 saturated carbocycles. The first-order valence-electron chi connectivity index (χ1n) is 3.44. The Morgan fingerprint density at radius 2 is 2.50 bits per heavy atom. The predicted molar refractivity (Wildman–Crippen MR) is 36.4 cm³/mol. The lowest BCUT2D eigenvalue weighted by atomic mass is 10.1. The Morgan fingerprint density at radius 3 is 2.90 bits per heavy atom. The van der Waals surface area contributed by atoms with Gasteiger partial charge in [0.05, 0.1) is 0 Å². The highest BCUT2D eigenvalue weighted by Crippen LogP contribution is 2.17. The van der Waals surface area contributed by atoms with Crippen molar-refractivity contribution >= 4 is 12.2 Å². The first-order valence-corrected chi connectivity index (χ1v) is 3.44. The molecule has 10 heavy (non-hydrogen) atoms. The van der Waals surface area contributed by atoms with Crippen LogP contribution in [0.5, 0.6) is 0 Å². The van der Waals surface area contributed by atoms with Crippen molar-refractivity contribution in [3.8, 4) is 0 Å². The van der Waals surface area contributed by atoms with Crippen LogP contribution in [0.1, 0.15) is 12.8 Å². The molecule has 3 heteroatoms. The molecule has 1 rings (SSSR count). The van der Waals surface area contributed by atoms with Crippen LogP contribution in [0.25, 0.3) is 0 Å². The minimum absolute atomic E-state index is 0.0255. The molecule has 0 N–H and O–H groups in total. The van der Waals surface area contributed by atoms with Gasteiger partial charge in [-0.1, -0.05) is 0 Å². The summed E-state index contributed by atoms with van der Waals surface area (Å²) in [6, 6.07) is 0. The molecule has 0 aromatic rings. The molecule has 1 aliphatic heterocycles. The van der Waals surface area contributed by atoms with Gasteiger partial charge in [-0.15, -0.1) is 0 Å². The Balaban J connectivity index is 2.48. The molecule has 1 atom stereocenters. The number of hydrogen-bond acceptors (Lipinski definition) is 2. The average Bonchev–Trinajstić information content (AvgIpc) is 2.20. The van der Waals surface area contributed by atoms with E-state index in [-0.39, 0.29) is 11.8 Å². The fourth-order valence-electron chi connectivity index (χ4n) is 1.23. The van der Waals surface area contributed by atoms with Gasteiger partial charge >= 0.3 is 0 Å². The van der Waals surface area contributed by atoms with Crippen molar-refractivity contribution in [2.45, 2.75) is 12.8 Å². The summed E-state index contributed by atoms with van der Waals surface area (Å²) < 4.78 is 0. The largest absolute Gasteiger partial charge is 0.345 e. The van der Waals surface area contributed by atoms with Crippen LogP contribution < -0.4 is 0 Å². The molecule has 1 aliphatic rings. The number of hydrogen-bond donors (Lipinski definition) is 0. The summed E-state index contributed by atoms with van der Waals surface area (Å²) in [5, 5.41) is 0. The number of likely N-dealkylation sites (tertiary alicyclic amines) is 1. The van der Waals surface area contributed by atoms with E-state index in [0.29, 0.717) is 6.42 Å². The third kappa shape index (κ3) is 1.17. The molecule has 0 radical (unpaired) electrons. The maximum absolute atomic E-state index is 11.1. The Bertz CT molecular complexity index is 156. The highest BCUT2D eigenvalue weighted by Gasteiger charge is 2.27. The third-order valence-electron chi connectivity index (χ3n) is 1.92. The molecule has 0 unspecified atom stereocenters. The number of carbonyl (C=O) groups excluding carboxylic acids is 2. The van der Waals surface area contributed by atoms with E-state index in [2.05, 4.69) is 0 Å². The number of rotatable bonds is 2. The van der Waals surface area contributed by atoms with Gasteiger partial charge in [0, 0.05) is 25.9 Å². The van der Waals surface area contributed by atoms with E-state index in [0.717, 1.165) is 19.3 Å². The van der Waals surface area contributed by atoms with E-state index >= 15 is 0 Å². The standard InChI is InChI=1S/C7H11NO2/c1-8-4-2-6(3-5-9)7(8)10/h5-6H,2-4H2,1H3/t6-/m1/s1. The first-order chi connectivity index (χ1) is 4.75. The van der Waals surface area contributed by atoms with Crippen LogP contribution in [0, 0.1) is 5.92 Å². The molecule has 0 aromatic carbocycles. The summed E-state index contributed by atoms with van der Waals surface area (Å²) in [5.41, 5.74) is 0. The second-order valence-electron chi connectivity index (χ2n) is 2.65. The molecule has 56 valence electrons. The van der Waals surface area contributed by atoms with E-state index in [1.807, 2.05) is 0 Å². The SMILES string of the molecule is CN1CC[C@H](CC=O)C1=O. The van der Waals surface area contributed by atoms with Crippen molar-refractivity contribution in [1.82, 2.24) is 4.90 Å². The van der Waals surface area contributed by atoms with Gasteiger partial charge in [-0.3, -0.25) is 4.79 Å². The molecule has 1 amide bonds. The van der Waals surface area contributed by atoms with Gasteiger partial charge in [0.15, 0.2) is 0 Å². The van der Waals surface area contributed by atoms with Gasteiger partial charge < -0.3 is 9.69 Å². The molecule has 0 bridgehead atoms. The number of amides is 1. The molecule has 0 aliphatic carbocycles. The quantitative estimate of drug-likeness (QED) is 0.510. The zero-order valence-corrected chi connectivity index (χ0v) is 6.04.